The van der Waals surface area contributed by atoms with Gasteiger partial charge >= 0.3 is 0 Å². The molecule has 1 fully saturated rings. The van der Waals surface area contributed by atoms with Crippen molar-refractivity contribution in [2.45, 2.75) is 24.7 Å². The second kappa shape index (κ2) is 2.57. The van der Waals surface area contributed by atoms with Crippen molar-refractivity contribution in [3.63, 3.8) is 0 Å². The molecule has 0 bridgehead atoms. The van der Waals surface area contributed by atoms with E-state index in [1.807, 2.05) is 12.1 Å². The van der Waals surface area contributed by atoms with Crippen molar-refractivity contribution in [3.05, 3.63) is 41.5 Å². The summed E-state index contributed by atoms with van der Waals surface area (Å²) in [5.74, 6) is 0.402. The van der Waals surface area contributed by atoms with Crippen molar-refractivity contribution in [1.82, 2.24) is 0 Å². The highest BCUT2D eigenvalue weighted by Gasteiger charge is 2.44. The molecule has 0 aromatic heterocycles. The summed E-state index contributed by atoms with van der Waals surface area (Å²) in [5.41, 5.74) is 2.21. The predicted octanol–water partition coefficient (Wildman–Crippen LogP) is 2.70. The molecule has 1 aromatic carbocycles. The quantitative estimate of drug-likeness (QED) is 0.606. The number of carbonyl (C=O) groups excluding carboxylic acids is 1. The van der Waals surface area contributed by atoms with E-state index in [0.29, 0.717) is 5.78 Å². The Hall–Kier alpha value is -1.37. The third-order valence-electron chi connectivity index (χ3n) is 3.46. The molecule has 2 aliphatic rings. The Balaban J connectivity index is 2.22. The Morgan fingerprint density at radius 2 is 2.07 bits per heavy atom. The first-order valence-electron chi connectivity index (χ1n) is 5.15. The fourth-order valence-electron chi connectivity index (χ4n) is 2.72. The summed E-state index contributed by atoms with van der Waals surface area (Å²) in [7, 11) is 0. The van der Waals surface area contributed by atoms with Gasteiger partial charge in [-0.25, -0.2) is 0 Å². The maximum absolute atomic E-state index is 11.9. The molecule has 14 heavy (non-hydrogen) atoms. The lowest BCUT2D eigenvalue weighted by Gasteiger charge is -2.20. The van der Waals surface area contributed by atoms with Gasteiger partial charge in [-0.15, -0.1) is 0 Å². The molecular weight excluding hydrogens is 172 g/mol. The molecular formula is C13H12O. The average molecular weight is 184 g/mol. The first-order chi connectivity index (χ1) is 6.83. The summed E-state index contributed by atoms with van der Waals surface area (Å²) < 4.78 is 0. The van der Waals surface area contributed by atoms with E-state index >= 15 is 0 Å². The smallest absolute Gasteiger partial charge is 0.147 e. The molecule has 2 aliphatic carbocycles. The van der Waals surface area contributed by atoms with E-state index in [9.17, 15) is 4.79 Å². The highest BCUT2D eigenvalue weighted by molar-refractivity contribution is 5.98. The topological polar surface area (TPSA) is 17.1 Å². The summed E-state index contributed by atoms with van der Waals surface area (Å²) in [6.45, 7) is 0. The van der Waals surface area contributed by atoms with Crippen molar-refractivity contribution in [2.75, 3.05) is 0 Å². The molecule has 0 radical (unpaired) electrons. The number of fused-ring (bicyclic) bond motifs is 2. The number of hydrogen-bond acceptors (Lipinski definition) is 1. The van der Waals surface area contributed by atoms with Crippen LogP contribution in [0, 0.1) is 0 Å². The molecule has 1 nitrogen and oxygen atoms in total. The fraction of sp³-hybridized carbons (Fsp3) is 0.308. The van der Waals surface area contributed by atoms with E-state index in [4.69, 9.17) is 0 Å². The van der Waals surface area contributed by atoms with Crippen LogP contribution in [0.25, 0.3) is 6.08 Å². The summed E-state index contributed by atoms with van der Waals surface area (Å²) >= 11 is 0. The minimum absolute atomic E-state index is 0.239. The summed E-state index contributed by atoms with van der Waals surface area (Å²) in [5, 5.41) is 0. The van der Waals surface area contributed by atoms with E-state index in [-0.39, 0.29) is 5.41 Å². The minimum atomic E-state index is -0.239. The maximum Gasteiger partial charge on any atom is 0.147 e. The Morgan fingerprint density at radius 3 is 2.86 bits per heavy atom. The van der Waals surface area contributed by atoms with E-state index in [1.54, 1.807) is 0 Å². The molecule has 1 spiro atoms. The van der Waals surface area contributed by atoms with Gasteiger partial charge in [-0.2, -0.15) is 0 Å². The lowest BCUT2D eigenvalue weighted by atomic mass is 9.80. The van der Waals surface area contributed by atoms with Crippen molar-refractivity contribution in [1.29, 1.82) is 0 Å². The van der Waals surface area contributed by atoms with Gasteiger partial charge in [0.1, 0.15) is 5.78 Å². The second-order valence-electron chi connectivity index (χ2n) is 4.17. The zero-order chi connectivity index (χ0) is 9.60. The van der Waals surface area contributed by atoms with Crippen LogP contribution in [0.1, 0.15) is 30.4 Å². The van der Waals surface area contributed by atoms with Gasteiger partial charge in [0, 0.05) is 6.42 Å². The SMILES string of the molecule is O=C1CCC[C@]12C=Cc1ccccc12. The van der Waals surface area contributed by atoms with E-state index < -0.39 is 0 Å². The van der Waals surface area contributed by atoms with Crippen LogP contribution in [-0.4, -0.2) is 5.78 Å². The zero-order valence-corrected chi connectivity index (χ0v) is 7.99. The maximum atomic E-state index is 11.9. The Kier molecular flexibility index (Phi) is 1.46. The molecule has 0 heterocycles. The van der Waals surface area contributed by atoms with Gasteiger partial charge in [-0.05, 0) is 24.0 Å². The first kappa shape index (κ1) is 7.98. The lowest BCUT2D eigenvalue weighted by molar-refractivity contribution is -0.120. The molecule has 1 aromatic rings. The highest BCUT2D eigenvalue weighted by Crippen LogP contribution is 2.45. The molecule has 0 unspecified atom stereocenters. The van der Waals surface area contributed by atoms with Crippen LogP contribution in [0.5, 0.6) is 0 Å². The number of Topliss-reactive ketones (excluding diaryl/α,β-unsaturated/α-hetero) is 1. The van der Waals surface area contributed by atoms with Crippen molar-refractivity contribution < 1.29 is 4.79 Å². The number of rotatable bonds is 0. The monoisotopic (exact) mass is 184 g/mol. The molecule has 70 valence electrons. The second-order valence-corrected chi connectivity index (χ2v) is 4.17. The van der Waals surface area contributed by atoms with Crippen molar-refractivity contribution in [2.24, 2.45) is 0 Å². The first-order valence-corrected chi connectivity index (χ1v) is 5.15. The molecule has 0 saturated heterocycles. The predicted molar refractivity (Wildman–Crippen MR) is 56.0 cm³/mol. The van der Waals surface area contributed by atoms with Gasteiger partial charge in [0.25, 0.3) is 0 Å². The Labute approximate surface area is 83.4 Å². The fourth-order valence-corrected chi connectivity index (χ4v) is 2.72. The van der Waals surface area contributed by atoms with Crippen LogP contribution in [-0.2, 0) is 10.2 Å². The molecule has 1 atom stereocenters. The van der Waals surface area contributed by atoms with Crippen molar-refractivity contribution >= 4 is 11.9 Å². The molecule has 0 aliphatic heterocycles. The van der Waals surface area contributed by atoms with Crippen LogP contribution in [0.4, 0.5) is 0 Å². The third kappa shape index (κ3) is 0.822. The lowest BCUT2D eigenvalue weighted by Crippen LogP contribution is -2.26. The normalized spacial score (nSPS) is 28.7. The number of ketones is 1. The summed E-state index contributed by atoms with van der Waals surface area (Å²) in [6, 6.07) is 8.24. The number of allylic oxidation sites excluding steroid dienone is 1. The number of carbonyl (C=O) groups is 1. The molecule has 0 N–H and O–H groups in total. The molecule has 1 saturated carbocycles. The van der Waals surface area contributed by atoms with E-state index in [1.165, 1.54) is 11.1 Å². The minimum Gasteiger partial charge on any atom is -0.298 e. The third-order valence-corrected chi connectivity index (χ3v) is 3.46. The zero-order valence-electron chi connectivity index (χ0n) is 7.99. The van der Waals surface area contributed by atoms with E-state index in [2.05, 4.69) is 24.3 Å². The van der Waals surface area contributed by atoms with Crippen LogP contribution in [0.15, 0.2) is 30.3 Å². The van der Waals surface area contributed by atoms with Gasteiger partial charge in [0.2, 0.25) is 0 Å². The van der Waals surface area contributed by atoms with Gasteiger partial charge in [-0.1, -0.05) is 36.4 Å². The standard InChI is InChI=1S/C13H12O/c14-12-6-3-8-13(12)9-7-10-4-1-2-5-11(10)13/h1-2,4-5,7,9H,3,6,8H2/t13-/m1/s1. The highest BCUT2D eigenvalue weighted by atomic mass is 16.1. The van der Waals surface area contributed by atoms with Crippen LogP contribution < -0.4 is 0 Å². The Bertz CT molecular complexity index is 431. The summed E-state index contributed by atoms with van der Waals surface area (Å²) in [6.07, 6.45) is 6.99. The largest absolute Gasteiger partial charge is 0.298 e. The van der Waals surface area contributed by atoms with Crippen molar-refractivity contribution in [3.8, 4) is 0 Å². The van der Waals surface area contributed by atoms with Gasteiger partial charge < -0.3 is 0 Å². The Morgan fingerprint density at radius 1 is 1.21 bits per heavy atom. The summed E-state index contributed by atoms with van der Waals surface area (Å²) in [4.78, 5) is 11.9. The number of hydrogen-bond donors (Lipinski definition) is 0. The molecule has 1 heteroatoms. The van der Waals surface area contributed by atoms with Gasteiger partial charge in [0.15, 0.2) is 0 Å². The number of benzene rings is 1. The van der Waals surface area contributed by atoms with E-state index in [0.717, 1.165) is 19.3 Å². The van der Waals surface area contributed by atoms with Crippen LogP contribution >= 0.6 is 0 Å². The average Bonchev–Trinajstić information content (AvgIpc) is 2.76. The van der Waals surface area contributed by atoms with Crippen LogP contribution in [0.2, 0.25) is 0 Å². The molecule has 3 rings (SSSR count). The van der Waals surface area contributed by atoms with Gasteiger partial charge in [-0.3, -0.25) is 4.79 Å². The van der Waals surface area contributed by atoms with Crippen LogP contribution in [0.3, 0.4) is 0 Å². The molecule has 0 amide bonds. The van der Waals surface area contributed by atoms with Gasteiger partial charge in [0.05, 0.1) is 5.41 Å².